The Hall–Kier alpha value is -5.51. The van der Waals surface area contributed by atoms with Crippen molar-refractivity contribution in [3.63, 3.8) is 0 Å². The van der Waals surface area contributed by atoms with E-state index in [0.29, 0.717) is 44.1 Å². The molecular formula is C34H25ClFN5O3. The number of hydrogen-bond donors (Lipinski definition) is 5. The van der Waals surface area contributed by atoms with Gasteiger partial charge < -0.3 is 27.1 Å². The third-order valence-corrected chi connectivity index (χ3v) is 7.75. The Morgan fingerprint density at radius 1 is 0.795 bits per heavy atom. The average molecular weight is 606 g/mol. The van der Waals surface area contributed by atoms with E-state index in [4.69, 9.17) is 23.1 Å². The number of halogens is 2. The fourth-order valence-electron chi connectivity index (χ4n) is 5.34. The van der Waals surface area contributed by atoms with Crippen LogP contribution in [0.3, 0.4) is 0 Å². The highest BCUT2D eigenvalue weighted by atomic mass is 35.5. The molecule has 3 amide bonds. The number of hydrogen-bond acceptors (Lipinski definition) is 4. The van der Waals surface area contributed by atoms with Crippen LogP contribution in [-0.4, -0.2) is 22.7 Å². The van der Waals surface area contributed by atoms with Gasteiger partial charge in [0, 0.05) is 39.8 Å². The van der Waals surface area contributed by atoms with Crippen molar-refractivity contribution in [1.82, 2.24) is 4.98 Å². The number of nitrogens with two attached hydrogens (primary N) is 2. The van der Waals surface area contributed by atoms with Gasteiger partial charge in [0.05, 0.1) is 21.7 Å². The summed E-state index contributed by atoms with van der Waals surface area (Å²) in [6.07, 6.45) is 0. The van der Waals surface area contributed by atoms with Gasteiger partial charge in [-0.15, -0.1) is 0 Å². The number of rotatable bonds is 7. The lowest BCUT2D eigenvalue weighted by Gasteiger charge is -2.16. The Balaban J connectivity index is 1.45. The van der Waals surface area contributed by atoms with Crippen molar-refractivity contribution in [3.8, 4) is 11.1 Å². The van der Waals surface area contributed by atoms with Crippen molar-refractivity contribution in [2.45, 2.75) is 6.54 Å². The summed E-state index contributed by atoms with van der Waals surface area (Å²) in [7, 11) is 0. The van der Waals surface area contributed by atoms with Gasteiger partial charge in [-0.2, -0.15) is 0 Å². The van der Waals surface area contributed by atoms with Crippen LogP contribution in [0.5, 0.6) is 0 Å². The van der Waals surface area contributed by atoms with Crippen molar-refractivity contribution < 1.29 is 18.8 Å². The number of aromatic amines is 1. The lowest BCUT2D eigenvalue weighted by Crippen LogP contribution is -2.15. The normalized spacial score (nSPS) is 11.1. The van der Waals surface area contributed by atoms with Crippen LogP contribution in [0.15, 0.2) is 97.1 Å². The third kappa shape index (κ3) is 5.26. The van der Waals surface area contributed by atoms with E-state index < -0.39 is 17.6 Å². The molecule has 1 aromatic heterocycles. The molecule has 7 N–H and O–H groups in total. The number of nitrogens with one attached hydrogen (secondary N) is 3. The summed E-state index contributed by atoms with van der Waals surface area (Å²) in [6.45, 7) is 0.0921. The number of carbonyl (C=O) groups excluding carboxylic acids is 3. The van der Waals surface area contributed by atoms with Crippen molar-refractivity contribution in [3.05, 3.63) is 130 Å². The first-order valence-corrected chi connectivity index (χ1v) is 14.0. The van der Waals surface area contributed by atoms with Crippen LogP contribution in [0, 0.1) is 5.82 Å². The van der Waals surface area contributed by atoms with Crippen LogP contribution >= 0.6 is 11.6 Å². The molecule has 0 saturated carbocycles. The molecule has 0 saturated heterocycles. The number of fused-ring (bicyclic) bond motifs is 3. The van der Waals surface area contributed by atoms with Gasteiger partial charge in [0.1, 0.15) is 5.82 Å². The minimum absolute atomic E-state index is 0.0921. The Morgan fingerprint density at radius 2 is 1.57 bits per heavy atom. The van der Waals surface area contributed by atoms with E-state index in [1.807, 2.05) is 12.1 Å². The number of H-pyrrole nitrogens is 1. The summed E-state index contributed by atoms with van der Waals surface area (Å²) < 4.78 is 13.4. The first-order chi connectivity index (χ1) is 21.2. The monoisotopic (exact) mass is 605 g/mol. The van der Waals surface area contributed by atoms with E-state index in [0.717, 1.165) is 21.9 Å². The smallest absolute Gasteiger partial charge is 0.257 e. The molecular weight excluding hydrogens is 581 g/mol. The van der Waals surface area contributed by atoms with E-state index in [-0.39, 0.29) is 18.0 Å². The molecule has 10 heteroatoms. The fraction of sp³-hybridized carbons (Fsp3) is 0.0294. The Kier molecular flexibility index (Phi) is 7.57. The molecule has 8 nitrogen and oxygen atoms in total. The standard InChI is InChI=1S/C34H25ClFN5O3/c35-27-6-2-1-4-23(27)34(44)39-20-12-13-24-29(16-20)40-31-25(32(38)42)15-14-22(30(24)31)21-5-3-7-28(26(21)17-37)41-33(43)18-8-10-19(36)11-9-18/h1-16,40H,17,37H2,(H2,38,42)(H,39,44)(H,41,43). The first-order valence-electron chi connectivity index (χ1n) is 13.6. The zero-order valence-electron chi connectivity index (χ0n) is 23.1. The van der Waals surface area contributed by atoms with Gasteiger partial charge in [0.25, 0.3) is 17.7 Å². The minimum atomic E-state index is -0.611. The molecule has 0 aliphatic rings. The molecule has 0 fully saturated rings. The molecule has 0 aliphatic heterocycles. The SMILES string of the molecule is NCc1c(NC(=O)c2ccc(F)cc2)cccc1-c1ccc(C(N)=O)c2[nH]c3cc(NC(=O)c4ccccc4Cl)ccc3c12. The van der Waals surface area contributed by atoms with E-state index in [1.165, 1.54) is 24.3 Å². The van der Waals surface area contributed by atoms with E-state index in [1.54, 1.807) is 60.7 Å². The maximum absolute atomic E-state index is 13.4. The molecule has 6 rings (SSSR count). The zero-order valence-corrected chi connectivity index (χ0v) is 23.8. The van der Waals surface area contributed by atoms with Gasteiger partial charge in [-0.1, -0.05) is 48.0 Å². The Bertz CT molecular complexity index is 2110. The molecule has 0 unspecified atom stereocenters. The predicted molar refractivity (Wildman–Crippen MR) is 171 cm³/mol. The second kappa shape index (κ2) is 11.6. The molecule has 0 radical (unpaired) electrons. The molecule has 44 heavy (non-hydrogen) atoms. The quantitative estimate of drug-likeness (QED) is 0.136. The highest BCUT2D eigenvalue weighted by Gasteiger charge is 2.20. The predicted octanol–water partition coefficient (Wildman–Crippen LogP) is 6.84. The van der Waals surface area contributed by atoms with Crippen molar-refractivity contribution in [2.24, 2.45) is 11.5 Å². The average Bonchev–Trinajstić information content (AvgIpc) is 3.39. The van der Waals surface area contributed by atoms with E-state index >= 15 is 0 Å². The third-order valence-electron chi connectivity index (χ3n) is 7.42. The molecule has 0 bridgehead atoms. The van der Waals surface area contributed by atoms with Gasteiger partial charge in [0.2, 0.25) is 0 Å². The highest BCUT2D eigenvalue weighted by molar-refractivity contribution is 6.34. The Labute approximate surface area is 255 Å². The van der Waals surface area contributed by atoms with E-state index in [9.17, 15) is 18.8 Å². The van der Waals surface area contributed by atoms with Crippen molar-refractivity contribution in [2.75, 3.05) is 10.6 Å². The zero-order chi connectivity index (χ0) is 31.0. The lowest BCUT2D eigenvalue weighted by molar-refractivity contribution is 0.0997. The number of benzene rings is 5. The summed E-state index contributed by atoms with van der Waals surface area (Å²) in [5.74, 6) is -1.83. The summed E-state index contributed by atoms with van der Waals surface area (Å²) in [5.41, 5.74) is 17.2. The molecule has 6 aromatic rings. The van der Waals surface area contributed by atoms with Gasteiger partial charge in [-0.25, -0.2) is 4.39 Å². The minimum Gasteiger partial charge on any atom is -0.366 e. The first kappa shape index (κ1) is 28.6. The van der Waals surface area contributed by atoms with Crippen LogP contribution in [0.1, 0.15) is 36.6 Å². The lowest BCUT2D eigenvalue weighted by atomic mass is 9.92. The summed E-state index contributed by atoms with van der Waals surface area (Å²) >= 11 is 6.20. The molecule has 0 aliphatic carbocycles. The molecule has 218 valence electrons. The van der Waals surface area contributed by atoms with Gasteiger partial charge in [-0.3, -0.25) is 14.4 Å². The summed E-state index contributed by atoms with van der Waals surface area (Å²) in [5, 5.41) is 7.58. The number of carbonyl (C=O) groups is 3. The summed E-state index contributed by atoms with van der Waals surface area (Å²) in [6, 6.07) is 26.2. The van der Waals surface area contributed by atoms with Crippen LogP contribution < -0.4 is 22.1 Å². The Morgan fingerprint density at radius 3 is 2.30 bits per heavy atom. The van der Waals surface area contributed by atoms with Gasteiger partial charge in [-0.05, 0) is 77.4 Å². The highest BCUT2D eigenvalue weighted by Crippen LogP contribution is 2.40. The summed E-state index contributed by atoms with van der Waals surface area (Å²) in [4.78, 5) is 41.6. The largest absolute Gasteiger partial charge is 0.366 e. The van der Waals surface area contributed by atoms with Crippen LogP contribution in [0.2, 0.25) is 5.02 Å². The molecule has 0 atom stereocenters. The van der Waals surface area contributed by atoms with Crippen LogP contribution in [0.4, 0.5) is 15.8 Å². The molecule has 1 heterocycles. The maximum atomic E-state index is 13.4. The number of anilines is 2. The molecule has 5 aromatic carbocycles. The van der Waals surface area contributed by atoms with Crippen LogP contribution in [0.25, 0.3) is 32.9 Å². The number of aromatic nitrogens is 1. The van der Waals surface area contributed by atoms with Gasteiger partial charge in [0.15, 0.2) is 0 Å². The number of amides is 3. The fourth-order valence-corrected chi connectivity index (χ4v) is 5.56. The van der Waals surface area contributed by atoms with Crippen molar-refractivity contribution in [1.29, 1.82) is 0 Å². The maximum Gasteiger partial charge on any atom is 0.257 e. The van der Waals surface area contributed by atoms with Crippen LogP contribution in [-0.2, 0) is 6.54 Å². The number of primary amides is 1. The topological polar surface area (TPSA) is 143 Å². The van der Waals surface area contributed by atoms with E-state index in [2.05, 4.69) is 15.6 Å². The second-order valence-corrected chi connectivity index (χ2v) is 10.5. The van der Waals surface area contributed by atoms with Gasteiger partial charge >= 0.3 is 0 Å². The second-order valence-electron chi connectivity index (χ2n) is 10.1. The van der Waals surface area contributed by atoms with Crippen molar-refractivity contribution >= 4 is 62.5 Å². The molecule has 0 spiro atoms.